The standard InChI is InChI=1S/2C2H4O2.Cu.Na.H/c2*1-2(3)4;;;/h2*1H3,(H,3,4);;;. The molecule has 0 aliphatic rings. The van der Waals surface area contributed by atoms with E-state index in [0.29, 0.717) is 0 Å². The van der Waals surface area contributed by atoms with Gasteiger partial charge >= 0.3 is 29.6 Å². The molecule has 0 bridgehead atoms. The van der Waals surface area contributed by atoms with Gasteiger partial charge in [0.05, 0.1) is 0 Å². The molecule has 0 atom stereocenters. The predicted octanol–water partition coefficient (Wildman–Crippen LogP) is -0.469. The Kier molecular flexibility index (Phi) is 36.4. The molecule has 4 nitrogen and oxygen atoms in total. The first kappa shape index (κ1) is 22.4. The second-order valence-electron chi connectivity index (χ2n) is 1.04. The summed E-state index contributed by atoms with van der Waals surface area (Å²) in [6.07, 6.45) is 0. The normalized spacial score (nSPS) is 5.00. The zero-order chi connectivity index (χ0) is 7.15. The molecule has 0 aromatic heterocycles. The summed E-state index contributed by atoms with van der Waals surface area (Å²) in [4.78, 5) is 18.0. The van der Waals surface area contributed by atoms with Crippen molar-refractivity contribution in [2.45, 2.75) is 13.8 Å². The Morgan fingerprint density at radius 3 is 1.00 bits per heavy atom. The van der Waals surface area contributed by atoms with Gasteiger partial charge in [-0.3, -0.25) is 9.59 Å². The van der Waals surface area contributed by atoms with Gasteiger partial charge in [0, 0.05) is 30.9 Å². The molecular weight excluding hydrogens is 199 g/mol. The van der Waals surface area contributed by atoms with E-state index in [4.69, 9.17) is 19.8 Å². The maximum absolute atomic E-state index is 9.00. The topological polar surface area (TPSA) is 74.6 Å². The molecule has 0 fully saturated rings. The average Bonchev–Trinajstić information content (AvgIpc) is 1.25. The molecule has 0 aliphatic heterocycles. The summed E-state index contributed by atoms with van der Waals surface area (Å²) >= 11 is 0. The van der Waals surface area contributed by atoms with Crippen molar-refractivity contribution < 1.29 is 36.9 Å². The molecule has 6 heteroatoms. The van der Waals surface area contributed by atoms with Crippen molar-refractivity contribution in [3.8, 4) is 0 Å². The van der Waals surface area contributed by atoms with Crippen molar-refractivity contribution >= 4 is 41.5 Å². The summed E-state index contributed by atoms with van der Waals surface area (Å²) < 4.78 is 0. The number of carbonyl (C=O) groups is 2. The van der Waals surface area contributed by atoms with E-state index in [-0.39, 0.29) is 46.6 Å². The van der Waals surface area contributed by atoms with Crippen LogP contribution in [0.3, 0.4) is 0 Å². The van der Waals surface area contributed by atoms with E-state index in [1.165, 1.54) is 0 Å². The van der Waals surface area contributed by atoms with Crippen LogP contribution in [0.5, 0.6) is 0 Å². The van der Waals surface area contributed by atoms with Crippen LogP contribution in [0.2, 0.25) is 0 Å². The van der Waals surface area contributed by atoms with Gasteiger partial charge in [-0.2, -0.15) is 0 Å². The number of hydrogen-bond acceptors (Lipinski definition) is 2. The predicted molar refractivity (Wildman–Crippen MR) is 33.8 cm³/mol. The minimum atomic E-state index is -0.833. The Balaban J connectivity index is -0.0000000300. The monoisotopic (exact) mass is 207 g/mol. The summed E-state index contributed by atoms with van der Waals surface area (Å²) in [6.45, 7) is 2.17. The summed E-state index contributed by atoms with van der Waals surface area (Å²) in [5.41, 5.74) is 0. The number of hydrogen-bond donors (Lipinski definition) is 2. The third-order valence-corrected chi connectivity index (χ3v) is 0. The van der Waals surface area contributed by atoms with Crippen LogP contribution >= 0.6 is 0 Å². The van der Waals surface area contributed by atoms with Crippen molar-refractivity contribution in [3.63, 3.8) is 0 Å². The van der Waals surface area contributed by atoms with Crippen LogP contribution in [-0.2, 0) is 26.7 Å². The molecule has 0 aromatic rings. The fraction of sp³-hybridized carbons (Fsp3) is 0.500. The molecule has 0 amide bonds. The zero-order valence-electron chi connectivity index (χ0n) is 5.01. The van der Waals surface area contributed by atoms with Gasteiger partial charge in [0.15, 0.2) is 0 Å². The summed E-state index contributed by atoms with van der Waals surface area (Å²) in [5, 5.41) is 14.8. The molecule has 61 valence electrons. The van der Waals surface area contributed by atoms with Crippen LogP contribution in [0.25, 0.3) is 0 Å². The Hall–Kier alpha value is 0.459. The quantitative estimate of drug-likeness (QED) is 0.527. The fourth-order valence-electron chi connectivity index (χ4n) is 0. The van der Waals surface area contributed by atoms with Crippen LogP contribution in [0.1, 0.15) is 13.8 Å². The SMILES string of the molecule is CC(=O)O.CC(=O)O.[Cu].[NaH]. The van der Waals surface area contributed by atoms with Crippen LogP contribution < -0.4 is 0 Å². The minimum absolute atomic E-state index is 0. The summed E-state index contributed by atoms with van der Waals surface area (Å²) in [7, 11) is 0. The van der Waals surface area contributed by atoms with E-state index in [9.17, 15) is 0 Å². The Morgan fingerprint density at radius 2 is 1.00 bits per heavy atom. The van der Waals surface area contributed by atoms with Crippen molar-refractivity contribution in [2.75, 3.05) is 0 Å². The number of carboxylic acids is 2. The van der Waals surface area contributed by atoms with Crippen molar-refractivity contribution in [1.29, 1.82) is 0 Å². The van der Waals surface area contributed by atoms with E-state index < -0.39 is 11.9 Å². The van der Waals surface area contributed by atoms with Crippen molar-refractivity contribution in [3.05, 3.63) is 0 Å². The van der Waals surface area contributed by atoms with E-state index >= 15 is 0 Å². The molecule has 0 heterocycles. The first-order chi connectivity index (χ1) is 3.46. The third-order valence-electron chi connectivity index (χ3n) is 0. The van der Waals surface area contributed by atoms with Gasteiger partial charge in [0.25, 0.3) is 11.9 Å². The number of aliphatic carboxylic acids is 2. The average molecular weight is 208 g/mol. The molecular formula is C4H9CuNaO4. The Morgan fingerprint density at radius 1 is 1.00 bits per heavy atom. The van der Waals surface area contributed by atoms with E-state index in [2.05, 4.69) is 0 Å². The van der Waals surface area contributed by atoms with E-state index in [1.54, 1.807) is 0 Å². The van der Waals surface area contributed by atoms with Gasteiger partial charge in [0.1, 0.15) is 0 Å². The Bertz CT molecular complexity index is 75.3. The zero-order valence-corrected chi connectivity index (χ0v) is 5.95. The van der Waals surface area contributed by atoms with E-state index in [0.717, 1.165) is 13.8 Å². The van der Waals surface area contributed by atoms with E-state index in [1.807, 2.05) is 0 Å². The van der Waals surface area contributed by atoms with Gasteiger partial charge in [0.2, 0.25) is 0 Å². The fourth-order valence-corrected chi connectivity index (χ4v) is 0. The van der Waals surface area contributed by atoms with Crippen molar-refractivity contribution in [2.24, 2.45) is 0 Å². The van der Waals surface area contributed by atoms with Gasteiger partial charge in [-0.1, -0.05) is 0 Å². The van der Waals surface area contributed by atoms with Gasteiger partial charge in [-0.05, 0) is 0 Å². The summed E-state index contributed by atoms with van der Waals surface area (Å²) in [6, 6.07) is 0. The van der Waals surface area contributed by atoms with Crippen LogP contribution in [-0.4, -0.2) is 51.7 Å². The van der Waals surface area contributed by atoms with Gasteiger partial charge in [-0.25, -0.2) is 0 Å². The molecule has 0 aliphatic carbocycles. The molecule has 0 saturated heterocycles. The first-order valence-electron chi connectivity index (χ1n) is 1.86. The van der Waals surface area contributed by atoms with Gasteiger partial charge in [-0.15, -0.1) is 0 Å². The summed E-state index contributed by atoms with van der Waals surface area (Å²) in [5.74, 6) is -1.67. The van der Waals surface area contributed by atoms with Crippen LogP contribution in [0, 0.1) is 0 Å². The van der Waals surface area contributed by atoms with Crippen LogP contribution in [0.4, 0.5) is 0 Å². The molecule has 0 aromatic carbocycles. The molecule has 0 unspecified atom stereocenters. The third kappa shape index (κ3) is 2230. The first-order valence-corrected chi connectivity index (χ1v) is 1.86. The maximum atomic E-state index is 9.00. The molecule has 10 heavy (non-hydrogen) atoms. The van der Waals surface area contributed by atoms with Crippen molar-refractivity contribution in [1.82, 2.24) is 0 Å². The van der Waals surface area contributed by atoms with Gasteiger partial charge < -0.3 is 10.2 Å². The molecule has 0 rings (SSSR count). The second-order valence-corrected chi connectivity index (χ2v) is 1.04. The molecule has 0 spiro atoms. The molecule has 1 radical (unpaired) electrons. The Labute approximate surface area is 91.8 Å². The second kappa shape index (κ2) is 16.2. The molecule has 0 saturated carbocycles. The number of carboxylic acid groups (broad SMARTS) is 2. The van der Waals surface area contributed by atoms with Crippen LogP contribution in [0.15, 0.2) is 0 Å². The number of rotatable bonds is 0. The molecule has 2 N–H and O–H groups in total.